The fourth-order valence-electron chi connectivity index (χ4n) is 2.34. The van der Waals surface area contributed by atoms with Crippen LogP contribution in [0.1, 0.15) is 18.4 Å². The summed E-state index contributed by atoms with van der Waals surface area (Å²) in [5.41, 5.74) is 5.26. The Bertz CT molecular complexity index is 623. The van der Waals surface area contributed by atoms with Crippen LogP contribution in [0.4, 0.5) is 0 Å². The molecule has 2 rings (SSSR count). The van der Waals surface area contributed by atoms with Crippen LogP contribution in [0.15, 0.2) is 24.3 Å². The highest BCUT2D eigenvalue weighted by Gasteiger charge is 2.69. The second kappa shape index (κ2) is 4.23. The minimum absolute atomic E-state index is 0.0185. The second-order valence-electron chi connectivity index (χ2n) is 4.45. The van der Waals surface area contributed by atoms with E-state index in [4.69, 9.17) is 22.6 Å². The summed E-state index contributed by atoms with van der Waals surface area (Å²) in [5, 5.41) is 8.80. The van der Waals surface area contributed by atoms with Gasteiger partial charge in [0, 0.05) is 16.7 Å². The van der Waals surface area contributed by atoms with Gasteiger partial charge in [-0.3, -0.25) is 0 Å². The van der Waals surface area contributed by atoms with E-state index in [9.17, 15) is 8.42 Å². The topological polar surface area (TPSA) is 83.9 Å². The Balaban J connectivity index is 2.45. The third-order valence-corrected chi connectivity index (χ3v) is 5.85. The van der Waals surface area contributed by atoms with Crippen LogP contribution in [0.5, 0.6) is 0 Å². The quantitative estimate of drug-likeness (QED) is 0.911. The van der Waals surface area contributed by atoms with Crippen LogP contribution in [0, 0.1) is 11.3 Å². The number of nitrogens with two attached hydrogens (primary N) is 1. The number of hydrogen-bond donors (Lipinski definition) is 1. The van der Waals surface area contributed by atoms with Gasteiger partial charge in [-0.1, -0.05) is 30.7 Å². The first-order chi connectivity index (χ1) is 8.36. The third-order valence-electron chi connectivity index (χ3n) is 3.37. The SMILES string of the molecule is CCS(=O)(=O)[C@@H]1[C@@H](c2cccc(Cl)c2)[C@]1(N)C#N. The van der Waals surface area contributed by atoms with Crippen molar-refractivity contribution in [2.75, 3.05) is 5.75 Å². The Kier molecular flexibility index (Phi) is 3.14. The first kappa shape index (κ1) is 13.3. The molecule has 1 aromatic carbocycles. The molecular formula is C12H13ClN2O2S. The van der Waals surface area contributed by atoms with Crippen LogP contribution in [0.3, 0.4) is 0 Å². The maximum atomic E-state index is 11.9. The lowest BCUT2D eigenvalue weighted by molar-refractivity contribution is 0.593. The van der Waals surface area contributed by atoms with Crippen molar-refractivity contribution in [3.8, 4) is 6.07 Å². The van der Waals surface area contributed by atoms with Gasteiger partial charge in [0.05, 0.1) is 6.07 Å². The number of sulfone groups is 1. The molecule has 0 saturated heterocycles. The van der Waals surface area contributed by atoms with Crippen LogP contribution in [0.25, 0.3) is 0 Å². The van der Waals surface area contributed by atoms with Crippen LogP contribution < -0.4 is 5.73 Å². The minimum atomic E-state index is -3.35. The van der Waals surface area contributed by atoms with Gasteiger partial charge in [0.25, 0.3) is 0 Å². The van der Waals surface area contributed by atoms with Crippen molar-refractivity contribution < 1.29 is 8.42 Å². The van der Waals surface area contributed by atoms with Crippen molar-refractivity contribution >= 4 is 21.4 Å². The Hall–Kier alpha value is -1.09. The monoisotopic (exact) mass is 284 g/mol. The molecule has 1 fully saturated rings. The zero-order valence-corrected chi connectivity index (χ0v) is 11.4. The first-order valence-corrected chi connectivity index (χ1v) is 7.63. The highest BCUT2D eigenvalue weighted by Crippen LogP contribution is 2.54. The van der Waals surface area contributed by atoms with Crippen LogP contribution in [-0.2, 0) is 9.84 Å². The number of nitrogens with zero attached hydrogens (tertiary/aromatic N) is 1. The molecule has 0 aliphatic heterocycles. The van der Waals surface area contributed by atoms with Crippen molar-refractivity contribution in [2.45, 2.75) is 23.6 Å². The number of rotatable bonds is 3. The normalized spacial score (nSPS) is 30.8. The van der Waals surface area contributed by atoms with Crippen molar-refractivity contribution in [1.29, 1.82) is 5.26 Å². The van der Waals surface area contributed by atoms with Gasteiger partial charge in [0.2, 0.25) is 0 Å². The van der Waals surface area contributed by atoms with Crippen LogP contribution in [-0.4, -0.2) is 25.0 Å². The summed E-state index contributed by atoms with van der Waals surface area (Å²) in [5.74, 6) is -0.513. The zero-order valence-electron chi connectivity index (χ0n) is 9.80. The van der Waals surface area contributed by atoms with E-state index in [1.807, 2.05) is 6.07 Å². The van der Waals surface area contributed by atoms with Gasteiger partial charge in [-0.15, -0.1) is 0 Å². The molecule has 1 aliphatic rings. The Labute approximate surface area is 111 Å². The van der Waals surface area contributed by atoms with Gasteiger partial charge in [-0.2, -0.15) is 5.26 Å². The smallest absolute Gasteiger partial charge is 0.156 e. The predicted molar refractivity (Wildman–Crippen MR) is 70.0 cm³/mol. The average molecular weight is 285 g/mol. The van der Waals surface area contributed by atoms with Gasteiger partial charge in [0.15, 0.2) is 9.84 Å². The van der Waals surface area contributed by atoms with E-state index in [-0.39, 0.29) is 5.75 Å². The molecule has 0 spiro atoms. The lowest BCUT2D eigenvalue weighted by Gasteiger charge is -2.00. The zero-order chi connectivity index (χ0) is 13.6. The molecule has 0 aromatic heterocycles. The van der Waals surface area contributed by atoms with Crippen LogP contribution >= 0.6 is 11.6 Å². The number of hydrogen-bond acceptors (Lipinski definition) is 4. The molecule has 1 saturated carbocycles. The van der Waals surface area contributed by atoms with Crippen molar-refractivity contribution in [3.05, 3.63) is 34.9 Å². The molecule has 0 radical (unpaired) electrons. The predicted octanol–water partition coefficient (Wildman–Crippen LogP) is 1.46. The first-order valence-electron chi connectivity index (χ1n) is 5.54. The van der Waals surface area contributed by atoms with Gasteiger partial charge < -0.3 is 5.73 Å². The van der Waals surface area contributed by atoms with E-state index in [1.165, 1.54) is 0 Å². The molecule has 0 bridgehead atoms. The largest absolute Gasteiger partial charge is 0.312 e. The Morgan fingerprint density at radius 2 is 2.22 bits per heavy atom. The molecule has 18 heavy (non-hydrogen) atoms. The molecule has 6 heteroatoms. The molecule has 2 N–H and O–H groups in total. The molecule has 96 valence electrons. The van der Waals surface area contributed by atoms with E-state index in [2.05, 4.69) is 0 Å². The van der Waals surface area contributed by atoms with Crippen molar-refractivity contribution in [2.24, 2.45) is 5.73 Å². The highest BCUT2D eigenvalue weighted by molar-refractivity contribution is 7.92. The van der Waals surface area contributed by atoms with E-state index < -0.39 is 26.5 Å². The molecule has 3 atom stereocenters. The maximum absolute atomic E-state index is 11.9. The fraction of sp³-hybridized carbons (Fsp3) is 0.417. The molecule has 0 amide bonds. The maximum Gasteiger partial charge on any atom is 0.156 e. The minimum Gasteiger partial charge on any atom is -0.312 e. The standard InChI is InChI=1S/C12H13ClN2O2S/c1-2-18(16,17)11-10(12(11,15)7-14)8-4-3-5-9(13)6-8/h3-6,10-11H,2,15H2,1H3/t10-,11-,12-/m1/s1. The van der Waals surface area contributed by atoms with Gasteiger partial charge >= 0.3 is 0 Å². The number of halogens is 1. The van der Waals surface area contributed by atoms with Gasteiger partial charge in [0.1, 0.15) is 10.8 Å². The summed E-state index contributed by atoms with van der Waals surface area (Å²) in [4.78, 5) is 0. The highest BCUT2D eigenvalue weighted by atomic mass is 35.5. The summed E-state index contributed by atoms with van der Waals surface area (Å²) >= 11 is 5.88. The van der Waals surface area contributed by atoms with E-state index in [0.29, 0.717) is 10.6 Å². The van der Waals surface area contributed by atoms with Gasteiger partial charge in [-0.25, -0.2) is 8.42 Å². The molecule has 0 unspecified atom stereocenters. The van der Waals surface area contributed by atoms with Crippen LogP contribution in [0.2, 0.25) is 5.02 Å². The summed E-state index contributed by atoms with van der Waals surface area (Å²) < 4.78 is 23.9. The number of benzene rings is 1. The summed E-state index contributed by atoms with van der Waals surface area (Å²) in [6.45, 7) is 1.56. The lowest BCUT2D eigenvalue weighted by atomic mass is 10.1. The third kappa shape index (κ3) is 1.91. The Morgan fingerprint density at radius 3 is 2.72 bits per heavy atom. The van der Waals surface area contributed by atoms with E-state index in [0.717, 1.165) is 0 Å². The number of nitriles is 1. The Morgan fingerprint density at radius 1 is 1.56 bits per heavy atom. The van der Waals surface area contributed by atoms with Crippen molar-refractivity contribution in [3.63, 3.8) is 0 Å². The summed E-state index contributed by atoms with van der Waals surface area (Å²) in [6, 6.07) is 8.76. The summed E-state index contributed by atoms with van der Waals surface area (Å²) in [7, 11) is -3.35. The fourth-order valence-corrected chi connectivity index (χ4v) is 4.41. The molecule has 1 aliphatic carbocycles. The average Bonchev–Trinajstić information content (AvgIpc) is 2.98. The van der Waals surface area contributed by atoms with Crippen molar-refractivity contribution in [1.82, 2.24) is 0 Å². The summed E-state index contributed by atoms with van der Waals surface area (Å²) in [6.07, 6.45) is 0. The van der Waals surface area contributed by atoms with E-state index in [1.54, 1.807) is 31.2 Å². The molecule has 1 aromatic rings. The molecular weight excluding hydrogens is 272 g/mol. The van der Waals surface area contributed by atoms with Gasteiger partial charge in [-0.05, 0) is 17.7 Å². The lowest BCUT2D eigenvalue weighted by Crippen LogP contribution is -2.29. The molecule has 4 nitrogen and oxygen atoms in total. The van der Waals surface area contributed by atoms with E-state index >= 15 is 0 Å². The molecule has 0 heterocycles. The second-order valence-corrected chi connectivity index (χ2v) is 7.30.